The van der Waals surface area contributed by atoms with Gasteiger partial charge in [-0.2, -0.15) is 0 Å². The summed E-state index contributed by atoms with van der Waals surface area (Å²) in [6.45, 7) is 4.58. The minimum Gasteiger partial charge on any atom is -0.0838 e. The molecule has 1 saturated carbocycles. The quantitative estimate of drug-likeness (QED) is 0.513. The van der Waals surface area contributed by atoms with E-state index in [0.29, 0.717) is 5.41 Å². The molecule has 0 nitrogen and oxygen atoms in total. The van der Waals surface area contributed by atoms with Gasteiger partial charge in [-0.1, -0.05) is 29.8 Å². The largest absolute Gasteiger partial charge is 0.0838 e. The van der Waals surface area contributed by atoms with E-state index in [-0.39, 0.29) is 0 Å². The van der Waals surface area contributed by atoms with Crippen LogP contribution in [0.2, 0.25) is 0 Å². The topological polar surface area (TPSA) is 0 Å². The average molecular weight is 162 g/mol. The first-order valence-corrected chi connectivity index (χ1v) is 3.40. The zero-order valence-corrected chi connectivity index (χ0v) is 6.38. The van der Waals surface area contributed by atoms with Crippen molar-refractivity contribution in [2.45, 2.75) is 26.7 Å². The molecule has 1 rings (SSSR count). The van der Waals surface area contributed by atoms with Crippen molar-refractivity contribution in [3.05, 3.63) is 4.83 Å². The molecular weight excluding hydrogens is 152 g/mol. The van der Waals surface area contributed by atoms with Crippen LogP contribution in [0.5, 0.6) is 0 Å². The molecule has 7 heavy (non-hydrogen) atoms. The first-order chi connectivity index (χ1) is 3.10. The Bertz CT molecular complexity index is 68.2. The summed E-state index contributed by atoms with van der Waals surface area (Å²) in [6.07, 6.45) is 2.54. The van der Waals surface area contributed by atoms with E-state index < -0.39 is 0 Å². The van der Waals surface area contributed by atoms with E-state index in [1.807, 2.05) is 0 Å². The maximum atomic E-state index is 3.45. The Labute approximate surface area is 53.4 Å². The monoisotopic (exact) mass is 161 g/mol. The predicted octanol–water partition coefficient (Wildman–Crippen LogP) is 2.73. The van der Waals surface area contributed by atoms with Crippen LogP contribution in [0, 0.1) is 10.2 Å². The van der Waals surface area contributed by atoms with Gasteiger partial charge in [0.05, 0.1) is 0 Å². The van der Waals surface area contributed by atoms with E-state index >= 15 is 0 Å². The van der Waals surface area contributed by atoms with Crippen molar-refractivity contribution in [2.75, 3.05) is 0 Å². The summed E-state index contributed by atoms with van der Waals surface area (Å²) in [7, 11) is 0. The van der Waals surface area contributed by atoms with E-state index in [9.17, 15) is 0 Å². The average Bonchev–Trinajstić information content (AvgIpc) is 1.27. The fourth-order valence-corrected chi connectivity index (χ4v) is 2.50. The predicted molar refractivity (Wildman–Crippen MR) is 35.2 cm³/mol. The van der Waals surface area contributed by atoms with E-state index in [0.717, 1.165) is 0 Å². The summed E-state index contributed by atoms with van der Waals surface area (Å²) >= 11 is 3.45. The molecule has 0 aromatic heterocycles. The smallest absolute Gasteiger partial charge is 0.0421 e. The zero-order valence-electron chi connectivity index (χ0n) is 4.79. The van der Waals surface area contributed by atoms with Gasteiger partial charge >= 0.3 is 0 Å². The summed E-state index contributed by atoms with van der Waals surface area (Å²) in [5.74, 6) is 0. The van der Waals surface area contributed by atoms with Gasteiger partial charge in [0.1, 0.15) is 0 Å². The lowest BCUT2D eigenvalue weighted by Crippen LogP contribution is -2.25. The van der Waals surface area contributed by atoms with Crippen LogP contribution >= 0.6 is 15.9 Å². The molecule has 0 bridgehead atoms. The maximum Gasteiger partial charge on any atom is 0.0421 e. The van der Waals surface area contributed by atoms with Crippen LogP contribution in [0.4, 0.5) is 0 Å². The second kappa shape index (κ2) is 1.48. The van der Waals surface area contributed by atoms with Crippen LogP contribution in [0.25, 0.3) is 0 Å². The molecule has 0 aromatic rings. The third kappa shape index (κ3) is 1.18. The lowest BCUT2D eigenvalue weighted by atomic mass is 9.72. The third-order valence-corrected chi connectivity index (χ3v) is 1.90. The van der Waals surface area contributed by atoms with Crippen LogP contribution in [-0.4, -0.2) is 0 Å². The molecule has 0 unspecified atom stereocenters. The van der Waals surface area contributed by atoms with Gasteiger partial charge in [-0.25, -0.2) is 0 Å². The molecule has 0 amide bonds. The molecule has 1 fully saturated rings. The summed E-state index contributed by atoms with van der Waals surface area (Å²) in [5, 5.41) is 0. The highest BCUT2D eigenvalue weighted by molar-refractivity contribution is 9.11. The zero-order chi connectivity index (χ0) is 5.49. The molecule has 1 heteroatoms. The van der Waals surface area contributed by atoms with Crippen molar-refractivity contribution < 1.29 is 0 Å². The summed E-state index contributed by atoms with van der Waals surface area (Å²) in [5.41, 5.74) is 0.610. The molecule has 1 aliphatic carbocycles. The molecular formula is C6H10Br. The highest BCUT2D eigenvalue weighted by Crippen LogP contribution is 2.49. The number of hydrogen-bond donors (Lipinski definition) is 0. The molecule has 0 aliphatic heterocycles. The van der Waals surface area contributed by atoms with Gasteiger partial charge in [0.15, 0.2) is 0 Å². The highest BCUT2D eigenvalue weighted by atomic mass is 79.9. The first-order valence-electron chi connectivity index (χ1n) is 2.60. The maximum absolute atomic E-state index is 3.45. The van der Waals surface area contributed by atoms with Crippen LogP contribution < -0.4 is 0 Å². The number of hydrogen-bond acceptors (Lipinski definition) is 0. The molecule has 41 valence electrons. The van der Waals surface area contributed by atoms with Crippen molar-refractivity contribution in [1.82, 2.24) is 0 Å². The van der Waals surface area contributed by atoms with E-state index in [1.165, 1.54) is 17.7 Å². The Hall–Kier alpha value is 0.480. The molecule has 0 saturated heterocycles. The Morgan fingerprint density at radius 1 is 1.43 bits per heavy atom. The van der Waals surface area contributed by atoms with Crippen molar-refractivity contribution in [1.29, 1.82) is 0 Å². The standard InChI is InChI=1S/C6H10Br/c1-6(2)3-5(7)4-6/h3-4H2,1-2H3. The molecule has 0 N–H and O–H groups in total. The lowest BCUT2D eigenvalue weighted by molar-refractivity contribution is 0.256. The van der Waals surface area contributed by atoms with Crippen LogP contribution in [0.1, 0.15) is 26.7 Å². The Balaban J connectivity index is 2.29. The molecule has 1 aliphatic rings. The molecule has 0 heterocycles. The summed E-state index contributed by atoms with van der Waals surface area (Å²) in [6, 6.07) is 0. The first kappa shape index (κ1) is 5.61. The molecule has 0 aromatic carbocycles. The van der Waals surface area contributed by atoms with Crippen LogP contribution in [0.15, 0.2) is 0 Å². The van der Waals surface area contributed by atoms with Gasteiger partial charge in [0.2, 0.25) is 0 Å². The van der Waals surface area contributed by atoms with Gasteiger partial charge in [-0.15, -0.1) is 0 Å². The van der Waals surface area contributed by atoms with E-state index in [1.54, 1.807) is 0 Å². The third-order valence-electron chi connectivity index (χ3n) is 1.34. The number of rotatable bonds is 0. The Morgan fingerprint density at radius 3 is 1.86 bits per heavy atom. The van der Waals surface area contributed by atoms with Gasteiger partial charge in [-0.3, -0.25) is 0 Å². The van der Waals surface area contributed by atoms with E-state index in [4.69, 9.17) is 0 Å². The second-order valence-electron chi connectivity index (χ2n) is 3.04. The minimum absolute atomic E-state index is 0.610. The SMILES string of the molecule is CC1(C)C[C](Br)C1. The van der Waals surface area contributed by atoms with Crippen LogP contribution in [0.3, 0.4) is 0 Å². The second-order valence-corrected chi connectivity index (χ2v) is 4.16. The minimum atomic E-state index is 0.610. The molecule has 1 radical (unpaired) electrons. The van der Waals surface area contributed by atoms with Gasteiger partial charge < -0.3 is 0 Å². The lowest BCUT2D eigenvalue weighted by Gasteiger charge is -2.38. The molecule has 0 spiro atoms. The Kier molecular flexibility index (Phi) is 1.18. The highest BCUT2D eigenvalue weighted by Gasteiger charge is 2.34. The van der Waals surface area contributed by atoms with Gasteiger partial charge in [0, 0.05) is 4.83 Å². The molecule has 0 atom stereocenters. The summed E-state index contributed by atoms with van der Waals surface area (Å²) in [4.78, 5) is 1.48. The van der Waals surface area contributed by atoms with Crippen molar-refractivity contribution in [3.8, 4) is 0 Å². The van der Waals surface area contributed by atoms with Crippen molar-refractivity contribution in [3.63, 3.8) is 0 Å². The number of halogens is 1. The van der Waals surface area contributed by atoms with E-state index in [2.05, 4.69) is 29.8 Å². The fraction of sp³-hybridized carbons (Fsp3) is 0.833. The Morgan fingerprint density at radius 2 is 1.86 bits per heavy atom. The van der Waals surface area contributed by atoms with Gasteiger partial charge in [-0.05, 0) is 18.3 Å². The van der Waals surface area contributed by atoms with Crippen LogP contribution in [-0.2, 0) is 0 Å². The van der Waals surface area contributed by atoms with Crippen molar-refractivity contribution >= 4 is 15.9 Å². The summed E-state index contributed by atoms with van der Waals surface area (Å²) < 4.78 is 0. The van der Waals surface area contributed by atoms with Gasteiger partial charge in [0.25, 0.3) is 0 Å². The fourth-order valence-electron chi connectivity index (χ4n) is 0.987. The van der Waals surface area contributed by atoms with Crippen molar-refractivity contribution in [2.24, 2.45) is 5.41 Å². The normalized spacial score (nSPS) is 29.6.